The molecular weight excluding hydrogens is 320 g/mol. The molecule has 0 saturated heterocycles. The summed E-state index contributed by atoms with van der Waals surface area (Å²) in [5, 5.41) is 0. The van der Waals surface area contributed by atoms with Gasteiger partial charge in [0.2, 0.25) is 6.33 Å². The molecule has 0 saturated carbocycles. The van der Waals surface area contributed by atoms with Gasteiger partial charge in [0.25, 0.3) is 0 Å². The molecule has 0 atom stereocenters. The number of carbonyl (C=O) groups is 1. The highest BCUT2D eigenvalue weighted by atomic mass is 16.1. The standard InChI is InChI=1S/C23H27N2O/c1-15-16(2)18(4)23(19(5)17(15)3)13-24-11-12-25(14-24)22-9-7-21(8-10-22)20(6)26/h7-12,14H,13H2,1-6H3/q+1. The van der Waals surface area contributed by atoms with E-state index in [1.54, 1.807) is 6.92 Å². The summed E-state index contributed by atoms with van der Waals surface area (Å²) in [5.41, 5.74) is 10.2. The minimum Gasteiger partial charge on any atom is -0.295 e. The maximum atomic E-state index is 11.4. The van der Waals surface area contributed by atoms with Gasteiger partial charge in [-0.05, 0) is 99.2 Å². The van der Waals surface area contributed by atoms with Crippen molar-refractivity contribution in [3.05, 3.63) is 81.9 Å². The molecule has 3 heteroatoms. The lowest BCUT2D eigenvalue weighted by Gasteiger charge is -2.17. The number of imidazole rings is 1. The Morgan fingerprint density at radius 2 is 1.42 bits per heavy atom. The van der Waals surface area contributed by atoms with E-state index < -0.39 is 0 Å². The van der Waals surface area contributed by atoms with Crippen LogP contribution in [0.3, 0.4) is 0 Å². The van der Waals surface area contributed by atoms with Crippen molar-refractivity contribution < 1.29 is 9.36 Å². The van der Waals surface area contributed by atoms with Crippen molar-refractivity contribution in [2.75, 3.05) is 0 Å². The summed E-state index contributed by atoms with van der Waals surface area (Å²) in [6, 6.07) is 7.72. The third-order valence-electron chi connectivity index (χ3n) is 5.76. The maximum absolute atomic E-state index is 11.4. The fourth-order valence-electron chi connectivity index (χ4n) is 3.51. The second-order valence-corrected chi connectivity index (χ2v) is 7.20. The summed E-state index contributed by atoms with van der Waals surface area (Å²) in [4.78, 5) is 11.4. The minimum absolute atomic E-state index is 0.0928. The van der Waals surface area contributed by atoms with Crippen molar-refractivity contribution >= 4 is 5.78 Å². The maximum Gasteiger partial charge on any atom is 0.249 e. The van der Waals surface area contributed by atoms with E-state index in [9.17, 15) is 4.79 Å². The van der Waals surface area contributed by atoms with Gasteiger partial charge in [0, 0.05) is 5.56 Å². The molecule has 0 radical (unpaired) electrons. The number of ketones is 1. The van der Waals surface area contributed by atoms with Gasteiger partial charge in [0.05, 0.1) is 0 Å². The van der Waals surface area contributed by atoms with Gasteiger partial charge < -0.3 is 0 Å². The van der Waals surface area contributed by atoms with Crippen LogP contribution in [-0.2, 0) is 6.54 Å². The lowest BCUT2D eigenvalue weighted by molar-refractivity contribution is -0.687. The summed E-state index contributed by atoms with van der Waals surface area (Å²) in [5.74, 6) is 0.0928. The topological polar surface area (TPSA) is 25.9 Å². The van der Waals surface area contributed by atoms with Gasteiger partial charge in [0.15, 0.2) is 5.78 Å². The van der Waals surface area contributed by atoms with Crippen LogP contribution in [-0.4, -0.2) is 10.4 Å². The molecule has 0 unspecified atom stereocenters. The third kappa shape index (κ3) is 3.22. The number of hydrogen-bond acceptors (Lipinski definition) is 1. The molecular formula is C23H27N2O+. The van der Waals surface area contributed by atoms with Crippen LogP contribution in [0, 0.1) is 34.6 Å². The fourth-order valence-corrected chi connectivity index (χ4v) is 3.51. The minimum atomic E-state index is 0.0928. The summed E-state index contributed by atoms with van der Waals surface area (Å²) in [6.07, 6.45) is 6.26. The number of hydrogen-bond donors (Lipinski definition) is 0. The van der Waals surface area contributed by atoms with Gasteiger partial charge >= 0.3 is 0 Å². The van der Waals surface area contributed by atoms with Crippen molar-refractivity contribution in [2.45, 2.75) is 48.1 Å². The van der Waals surface area contributed by atoms with E-state index >= 15 is 0 Å². The van der Waals surface area contributed by atoms with Gasteiger partial charge in [-0.2, -0.15) is 0 Å². The molecule has 134 valence electrons. The van der Waals surface area contributed by atoms with Crippen LogP contribution in [0.15, 0.2) is 43.0 Å². The smallest absolute Gasteiger partial charge is 0.249 e. The van der Waals surface area contributed by atoms with Crippen LogP contribution in [0.1, 0.15) is 50.7 Å². The summed E-state index contributed by atoms with van der Waals surface area (Å²) >= 11 is 0. The predicted molar refractivity (Wildman–Crippen MR) is 105 cm³/mol. The quantitative estimate of drug-likeness (QED) is 0.502. The van der Waals surface area contributed by atoms with Gasteiger partial charge in [-0.15, -0.1) is 0 Å². The number of rotatable bonds is 4. The number of carbonyl (C=O) groups excluding carboxylic acids is 1. The van der Waals surface area contributed by atoms with Crippen LogP contribution in [0.25, 0.3) is 5.69 Å². The molecule has 0 bridgehead atoms. The van der Waals surface area contributed by atoms with E-state index in [1.165, 1.54) is 33.4 Å². The summed E-state index contributed by atoms with van der Waals surface area (Å²) < 4.78 is 4.30. The van der Waals surface area contributed by atoms with Crippen LogP contribution < -0.4 is 4.57 Å². The first kappa shape index (κ1) is 18.1. The lowest BCUT2D eigenvalue weighted by atomic mass is 9.89. The van der Waals surface area contributed by atoms with Crippen molar-refractivity contribution in [1.29, 1.82) is 0 Å². The van der Waals surface area contributed by atoms with Crippen molar-refractivity contribution in [2.24, 2.45) is 0 Å². The zero-order chi connectivity index (χ0) is 19.0. The molecule has 2 aromatic carbocycles. The highest BCUT2D eigenvalue weighted by molar-refractivity contribution is 5.94. The van der Waals surface area contributed by atoms with E-state index in [0.29, 0.717) is 0 Å². The Labute approximate surface area is 155 Å². The second-order valence-electron chi connectivity index (χ2n) is 7.20. The second kappa shape index (κ2) is 6.91. The molecule has 0 aliphatic heterocycles. The first-order valence-electron chi connectivity index (χ1n) is 9.04. The molecule has 3 rings (SSSR count). The SMILES string of the molecule is CC(=O)c1ccc(-n2cc[n+](Cc3c(C)c(C)c(C)c(C)c3C)c2)cc1. The van der Waals surface area contributed by atoms with Crippen LogP contribution in [0.2, 0.25) is 0 Å². The Balaban J connectivity index is 1.91. The molecule has 3 aromatic rings. The summed E-state index contributed by atoms with van der Waals surface area (Å²) in [6.45, 7) is 13.5. The Morgan fingerprint density at radius 1 is 0.885 bits per heavy atom. The number of aromatic nitrogens is 2. The third-order valence-corrected chi connectivity index (χ3v) is 5.76. The molecule has 3 nitrogen and oxygen atoms in total. The zero-order valence-electron chi connectivity index (χ0n) is 16.6. The average Bonchev–Trinajstić information content (AvgIpc) is 3.10. The van der Waals surface area contributed by atoms with Crippen molar-refractivity contribution in [3.63, 3.8) is 0 Å². The zero-order valence-corrected chi connectivity index (χ0v) is 16.6. The highest BCUT2D eigenvalue weighted by Crippen LogP contribution is 2.25. The molecule has 1 aromatic heterocycles. The largest absolute Gasteiger partial charge is 0.295 e. The average molecular weight is 347 g/mol. The Morgan fingerprint density at radius 3 is 1.96 bits per heavy atom. The van der Waals surface area contributed by atoms with E-state index in [0.717, 1.165) is 17.8 Å². The van der Waals surface area contributed by atoms with E-state index in [1.807, 2.05) is 24.3 Å². The van der Waals surface area contributed by atoms with Crippen LogP contribution in [0.4, 0.5) is 0 Å². The van der Waals surface area contributed by atoms with Crippen LogP contribution in [0.5, 0.6) is 0 Å². The van der Waals surface area contributed by atoms with Gasteiger partial charge in [0.1, 0.15) is 24.6 Å². The molecule has 1 heterocycles. The van der Waals surface area contributed by atoms with Gasteiger partial charge in [-0.1, -0.05) is 0 Å². The van der Waals surface area contributed by atoms with Crippen LogP contribution >= 0.6 is 0 Å². The molecule has 0 amide bonds. The monoisotopic (exact) mass is 347 g/mol. The first-order valence-corrected chi connectivity index (χ1v) is 9.04. The molecule has 0 aliphatic carbocycles. The molecule has 0 spiro atoms. The number of nitrogens with zero attached hydrogens (tertiary/aromatic N) is 2. The van der Waals surface area contributed by atoms with Crippen molar-refractivity contribution in [1.82, 2.24) is 4.57 Å². The van der Waals surface area contributed by atoms with E-state index in [-0.39, 0.29) is 5.78 Å². The lowest BCUT2D eigenvalue weighted by Crippen LogP contribution is -2.32. The van der Waals surface area contributed by atoms with Gasteiger partial charge in [-0.25, -0.2) is 9.13 Å². The van der Waals surface area contributed by atoms with Crippen molar-refractivity contribution in [3.8, 4) is 5.69 Å². The summed E-state index contributed by atoms with van der Waals surface area (Å²) in [7, 11) is 0. The Kier molecular flexibility index (Phi) is 4.82. The molecule has 0 fully saturated rings. The Bertz CT molecular complexity index is 949. The molecule has 26 heavy (non-hydrogen) atoms. The normalized spacial score (nSPS) is 11.0. The van der Waals surface area contributed by atoms with E-state index in [2.05, 4.69) is 62.5 Å². The number of Topliss-reactive ketones (excluding diaryl/α,β-unsaturated/α-hetero) is 1. The van der Waals surface area contributed by atoms with E-state index in [4.69, 9.17) is 0 Å². The molecule has 0 aliphatic rings. The Hall–Kier alpha value is -2.68. The number of benzene rings is 2. The fraction of sp³-hybridized carbons (Fsp3) is 0.304. The molecule has 0 N–H and O–H groups in total. The highest BCUT2D eigenvalue weighted by Gasteiger charge is 2.15. The first-order chi connectivity index (χ1) is 12.3. The predicted octanol–water partition coefficient (Wildman–Crippen LogP) is 4.56. The van der Waals surface area contributed by atoms with Gasteiger partial charge in [-0.3, -0.25) is 4.79 Å².